The lowest BCUT2D eigenvalue weighted by atomic mass is 10.3. The molecule has 1 N–H and O–H groups in total. The Kier molecular flexibility index (Phi) is 5.77. The summed E-state index contributed by atoms with van der Waals surface area (Å²) in [5.74, 6) is -1.29. The lowest BCUT2D eigenvalue weighted by Gasteiger charge is -2.23. The van der Waals surface area contributed by atoms with Crippen LogP contribution in [0.1, 0.15) is 0 Å². The standard InChI is InChI=1S/C14H10Cl2INO4S/c15-9-4-5-12(16)13(6-9)23(21,22)18(8-14(19)20)11-3-1-2-10(17)7-11/h1-7H,8H2,(H,19,20). The lowest BCUT2D eigenvalue weighted by molar-refractivity contribution is -0.135. The molecule has 0 atom stereocenters. The topological polar surface area (TPSA) is 74.7 Å². The van der Waals surface area contributed by atoms with Gasteiger partial charge in [0.1, 0.15) is 11.4 Å². The molecule has 5 nitrogen and oxygen atoms in total. The van der Waals surface area contributed by atoms with E-state index >= 15 is 0 Å². The second-order valence-corrected chi connectivity index (χ2v) is 8.38. The molecule has 0 aliphatic carbocycles. The molecule has 2 aromatic carbocycles. The molecule has 122 valence electrons. The first kappa shape index (κ1) is 18.3. The molecule has 0 saturated carbocycles. The van der Waals surface area contributed by atoms with Crippen LogP contribution >= 0.6 is 45.8 Å². The van der Waals surface area contributed by atoms with Crippen LogP contribution in [0.5, 0.6) is 0 Å². The van der Waals surface area contributed by atoms with E-state index in [9.17, 15) is 13.2 Å². The molecule has 9 heteroatoms. The van der Waals surface area contributed by atoms with E-state index in [1.807, 2.05) is 22.6 Å². The van der Waals surface area contributed by atoms with Crippen molar-refractivity contribution < 1.29 is 18.3 Å². The molecule has 0 aliphatic heterocycles. The van der Waals surface area contributed by atoms with Crippen LogP contribution in [0.15, 0.2) is 47.4 Å². The summed E-state index contributed by atoms with van der Waals surface area (Å²) in [7, 11) is -4.19. The van der Waals surface area contributed by atoms with E-state index in [0.717, 1.165) is 7.88 Å². The van der Waals surface area contributed by atoms with Gasteiger partial charge < -0.3 is 5.11 Å². The van der Waals surface area contributed by atoms with Gasteiger partial charge in [0.25, 0.3) is 10.0 Å². The number of carbonyl (C=O) groups is 1. The first-order valence-corrected chi connectivity index (χ1v) is 9.44. The Balaban J connectivity index is 2.62. The summed E-state index contributed by atoms with van der Waals surface area (Å²) < 4.78 is 27.3. The number of halogens is 3. The molecule has 0 fully saturated rings. The summed E-state index contributed by atoms with van der Waals surface area (Å²) in [4.78, 5) is 10.9. The van der Waals surface area contributed by atoms with Gasteiger partial charge in [0.15, 0.2) is 0 Å². The zero-order chi connectivity index (χ0) is 17.2. The van der Waals surface area contributed by atoms with Crippen LogP contribution < -0.4 is 4.31 Å². The van der Waals surface area contributed by atoms with Gasteiger partial charge in [0, 0.05) is 8.59 Å². The third kappa shape index (κ3) is 4.28. The van der Waals surface area contributed by atoms with Gasteiger partial charge in [0.05, 0.1) is 10.7 Å². The summed E-state index contributed by atoms with van der Waals surface area (Å²) in [6, 6.07) is 10.5. The molecule has 0 heterocycles. The fraction of sp³-hybridized carbons (Fsp3) is 0.0714. The molecule has 0 spiro atoms. The van der Waals surface area contributed by atoms with Gasteiger partial charge in [-0.1, -0.05) is 29.3 Å². The zero-order valence-electron chi connectivity index (χ0n) is 11.4. The Bertz CT molecular complexity index is 858. The predicted octanol–water partition coefficient (Wildman–Crippen LogP) is 3.88. The summed E-state index contributed by atoms with van der Waals surface area (Å²) in [6.07, 6.45) is 0. The molecular formula is C14H10Cl2INO4S. The normalized spacial score (nSPS) is 11.3. The summed E-state index contributed by atoms with van der Waals surface area (Å²) in [5, 5.41) is 9.24. The van der Waals surface area contributed by atoms with E-state index in [4.69, 9.17) is 28.3 Å². The predicted molar refractivity (Wildman–Crippen MR) is 97.8 cm³/mol. The van der Waals surface area contributed by atoms with E-state index in [0.29, 0.717) is 0 Å². The number of anilines is 1. The highest BCUT2D eigenvalue weighted by molar-refractivity contribution is 14.1. The van der Waals surface area contributed by atoms with Crippen molar-refractivity contribution >= 4 is 67.5 Å². The second kappa shape index (κ2) is 7.25. The van der Waals surface area contributed by atoms with Crippen molar-refractivity contribution in [2.24, 2.45) is 0 Å². The molecule has 0 unspecified atom stereocenters. The number of carboxylic acids is 1. The van der Waals surface area contributed by atoms with Crippen molar-refractivity contribution in [3.05, 3.63) is 56.1 Å². The largest absolute Gasteiger partial charge is 0.480 e. The fourth-order valence-electron chi connectivity index (χ4n) is 1.86. The number of nitrogens with zero attached hydrogens (tertiary/aromatic N) is 1. The van der Waals surface area contributed by atoms with Crippen molar-refractivity contribution in [3.63, 3.8) is 0 Å². The number of rotatable bonds is 5. The Labute approximate surface area is 157 Å². The number of carboxylic acid groups (broad SMARTS) is 1. The van der Waals surface area contributed by atoms with Gasteiger partial charge in [-0.05, 0) is 59.0 Å². The summed E-state index contributed by atoms with van der Waals surface area (Å²) in [5.41, 5.74) is 0.232. The van der Waals surface area contributed by atoms with Crippen molar-refractivity contribution in [3.8, 4) is 0 Å². The van der Waals surface area contributed by atoms with Crippen molar-refractivity contribution in [1.82, 2.24) is 0 Å². The highest BCUT2D eigenvalue weighted by atomic mass is 127. The smallest absolute Gasteiger partial charge is 0.324 e. The second-order valence-electron chi connectivity index (χ2n) is 4.46. The first-order chi connectivity index (χ1) is 10.7. The minimum Gasteiger partial charge on any atom is -0.480 e. The Morgan fingerprint density at radius 2 is 1.87 bits per heavy atom. The molecule has 2 rings (SSSR count). The molecule has 0 amide bonds. The quantitative estimate of drug-likeness (QED) is 0.652. The van der Waals surface area contributed by atoms with Crippen LogP contribution in [0, 0.1) is 3.57 Å². The molecular weight excluding hydrogens is 476 g/mol. The monoisotopic (exact) mass is 485 g/mol. The van der Waals surface area contributed by atoms with Crippen LogP contribution in [0.25, 0.3) is 0 Å². The SMILES string of the molecule is O=C(O)CN(c1cccc(I)c1)S(=O)(=O)c1cc(Cl)ccc1Cl. The maximum atomic E-state index is 12.9. The van der Waals surface area contributed by atoms with E-state index in [1.165, 1.54) is 24.3 Å². The Morgan fingerprint density at radius 1 is 1.17 bits per heavy atom. The highest BCUT2D eigenvalue weighted by Crippen LogP contribution is 2.31. The minimum atomic E-state index is -4.19. The van der Waals surface area contributed by atoms with Crippen LogP contribution in [-0.2, 0) is 14.8 Å². The fourth-order valence-corrected chi connectivity index (χ4v) is 4.54. The van der Waals surface area contributed by atoms with E-state index in [2.05, 4.69) is 0 Å². The number of benzene rings is 2. The number of aliphatic carboxylic acids is 1. The Hall–Kier alpha value is -1.03. The van der Waals surface area contributed by atoms with Gasteiger partial charge in [-0.3, -0.25) is 9.10 Å². The third-order valence-electron chi connectivity index (χ3n) is 2.84. The van der Waals surface area contributed by atoms with E-state index in [1.54, 1.807) is 18.2 Å². The number of hydrogen-bond donors (Lipinski definition) is 1. The zero-order valence-corrected chi connectivity index (χ0v) is 15.9. The number of sulfonamides is 1. The van der Waals surface area contributed by atoms with Gasteiger partial charge in [0.2, 0.25) is 0 Å². The highest BCUT2D eigenvalue weighted by Gasteiger charge is 2.29. The van der Waals surface area contributed by atoms with Gasteiger partial charge >= 0.3 is 5.97 Å². The van der Waals surface area contributed by atoms with Crippen LogP contribution in [0.2, 0.25) is 10.0 Å². The average Bonchev–Trinajstić information content (AvgIpc) is 2.47. The maximum absolute atomic E-state index is 12.9. The van der Waals surface area contributed by atoms with Crippen LogP contribution in [0.3, 0.4) is 0 Å². The first-order valence-electron chi connectivity index (χ1n) is 6.17. The maximum Gasteiger partial charge on any atom is 0.324 e. The van der Waals surface area contributed by atoms with E-state index in [-0.39, 0.29) is 20.6 Å². The summed E-state index contributed by atoms with van der Waals surface area (Å²) >= 11 is 13.8. The molecule has 0 aromatic heterocycles. The molecule has 0 aliphatic rings. The van der Waals surface area contributed by atoms with E-state index < -0.39 is 22.5 Å². The lowest BCUT2D eigenvalue weighted by Crippen LogP contribution is -2.36. The van der Waals surface area contributed by atoms with Gasteiger partial charge in [-0.2, -0.15) is 0 Å². The summed E-state index contributed by atoms with van der Waals surface area (Å²) in [6.45, 7) is -0.731. The molecule has 0 radical (unpaired) electrons. The van der Waals surface area contributed by atoms with Gasteiger partial charge in [-0.25, -0.2) is 8.42 Å². The molecule has 0 saturated heterocycles. The van der Waals surface area contributed by atoms with Crippen molar-refractivity contribution in [1.29, 1.82) is 0 Å². The van der Waals surface area contributed by atoms with Gasteiger partial charge in [-0.15, -0.1) is 0 Å². The van der Waals surface area contributed by atoms with Crippen molar-refractivity contribution in [2.75, 3.05) is 10.8 Å². The van der Waals surface area contributed by atoms with Crippen molar-refractivity contribution in [2.45, 2.75) is 4.90 Å². The Morgan fingerprint density at radius 3 is 2.48 bits per heavy atom. The average molecular weight is 486 g/mol. The molecule has 0 bridgehead atoms. The molecule has 23 heavy (non-hydrogen) atoms. The molecule has 2 aromatic rings. The van der Waals surface area contributed by atoms with Crippen LogP contribution in [-0.4, -0.2) is 26.0 Å². The number of hydrogen-bond acceptors (Lipinski definition) is 3. The minimum absolute atomic E-state index is 0.0320. The van der Waals surface area contributed by atoms with Crippen LogP contribution in [0.4, 0.5) is 5.69 Å². The third-order valence-corrected chi connectivity index (χ3v) is 6.00.